The largest absolute Gasteiger partial charge is 0.461 e. The standard InChI is InChI=1S/C15H26O2/c1-3-5-7-9-10-11-13-15(16)17-14-12-8-6-4-2/h4,6,8,12H,3,5,7,9-11,13-14H2,1-2H3/b6-4+,12-8-. The van der Waals surface area contributed by atoms with Crippen LogP contribution >= 0.6 is 0 Å². The Bertz CT molecular complexity index is 229. The third kappa shape index (κ3) is 12.9. The first kappa shape index (κ1) is 16.0. The molecule has 98 valence electrons. The summed E-state index contributed by atoms with van der Waals surface area (Å²) in [7, 11) is 0. The Balaban J connectivity index is 3.29. The zero-order chi connectivity index (χ0) is 12.8. The second-order valence-electron chi connectivity index (χ2n) is 4.15. The van der Waals surface area contributed by atoms with Crippen LogP contribution in [0.15, 0.2) is 24.3 Å². The van der Waals surface area contributed by atoms with Gasteiger partial charge in [0.25, 0.3) is 0 Å². The van der Waals surface area contributed by atoms with E-state index in [1.807, 2.05) is 31.2 Å². The normalized spacial score (nSPS) is 11.4. The molecule has 0 saturated carbocycles. The molecule has 0 aromatic rings. The van der Waals surface area contributed by atoms with E-state index in [2.05, 4.69) is 6.92 Å². The summed E-state index contributed by atoms with van der Waals surface area (Å²) < 4.78 is 5.06. The van der Waals surface area contributed by atoms with Gasteiger partial charge in [0.05, 0.1) is 0 Å². The predicted octanol–water partition coefficient (Wildman–Crippen LogP) is 4.41. The Morgan fingerprint density at radius 2 is 1.76 bits per heavy atom. The molecule has 0 bridgehead atoms. The highest BCUT2D eigenvalue weighted by molar-refractivity contribution is 5.69. The molecule has 0 amide bonds. The summed E-state index contributed by atoms with van der Waals surface area (Å²) in [5.41, 5.74) is 0. The van der Waals surface area contributed by atoms with Gasteiger partial charge in [-0.25, -0.2) is 0 Å². The van der Waals surface area contributed by atoms with E-state index >= 15 is 0 Å². The van der Waals surface area contributed by atoms with Crippen LogP contribution in [0.3, 0.4) is 0 Å². The molecule has 0 saturated heterocycles. The first-order valence-electron chi connectivity index (χ1n) is 6.74. The minimum atomic E-state index is -0.0781. The molecule has 0 unspecified atom stereocenters. The lowest BCUT2D eigenvalue weighted by Crippen LogP contribution is -2.03. The summed E-state index contributed by atoms with van der Waals surface area (Å²) in [6.45, 7) is 4.55. The maximum Gasteiger partial charge on any atom is 0.306 e. The van der Waals surface area contributed by atoms with Gasteiger partial charge in [0.15, 0.2) is 0 Å². The van der Waals surface area contributed by atoms with Crippen LogP contribution in [-0.2, 0) is 9.53 Å². The Hall–Kier alpha value is -1.05. The molecule has 0 spiro atoms. The molecule has 0 atom stereocenters. The molecule has 0 aromatic carbocycles. The van der Waals surface area contributed by atoms with Crippen molar-refractivity contribution in [3.05, 3.63) is 24.3 Å². The van der Waals surface area contributed by atoms with E-state index in [4.69, 9.17) is 4.74 Å². The van der Waals surface area contributed by atoms with Crippen LogP contribution in [-0.4, -0.2) is 12.6 Å². The lowest BCUT2D eigenvalue weighted by Gasteiger charge is -2.02. The number of ether oxygens (including phenoxy) is 1. The maximum absolute atomic E-state index is 11.3. The fourth-order valence-electron chi connectivity index (χ4n) is 1.51. The van der Waals surface area contributed by atoms with Crippen LogP contribution in [0.2, 0.25) is 0 Å². The van der Waals surface area contributed by atoms with Crippen LogP contribution in [0.4, 0.5) is 0 Å². The van der Waals surface area contributed by atoms with Gasteiger partial charge in [-0.2, -0.15) is 0 Å². The fourth-order valence-corrected chi connectivity index (χ4v) is 1.51. The summed E-state index contributed by atoms with van der Waals surface area (Å²) in [5, 5.41) is 0. The number of carbonyl (C=O) groups is 1. The highest BCUT2D eigenvalue weighted by Gasteiger charge is 2.00. The van der Waals surface area contributed by atoms with Crippen molar-refractivity contribution in [2.24, 2.45) is 0 Å². The minimum absolute atomic E-state index is 0.0781. The predicted molar refractivity (Wildman–Crippen MR) is 72.9 cm³/mol. The first-order valence-corrected chi connectivity index (χ1v) is 6.74. The van der Waals surface area contributed by atoms with Crippen LogP contribution in [0, 0.1) is 0 Å². The highest BCUT2D eigenvalue weighted by Crippen LogP contribution is 2.07. The van der Waals surface area contributed by atoms with Crippen LogP contribution in [0.1, 0.15) is 58.8 Å². The van der Waals surface area contributed by atoms with Gasteiger partial charge in [-0.15, -0.1) is 0 Å². The molecule has 0 heterocycles. The number of unbranched alkanes of at least 4 members (excludes halogenated alkanes) is 5. The summed E-state index contributed by atoms with van der Waals surface area (Å²) >= 11 is 0. The number of hydrogen-bond donors (Lipinski definition) is 0. The number of esters is 1. The molecule has 0 aliphatic rings. The van der Waals surface area contributed by atoms with Crippen molar-refractivity contribution < 1.29 is 9.53 Å². The average molecular weight is 238 g/mol. The second kappa shape index (κ2) is 13.0. The first-order chi connectivity index (χ1) is 8.31. The third-order valence-corrected chi connectivity index (χ3v) is 2.51. The van der Waals surface area contributed by atoms with Crippen molar-refractivity contribution in [3.8, 4) is 0 Å². The Morgan fingerprint density at radius 3 is 2.47 bits per heavy atom. The van der Waals surface area contributed by atoms with Crippen molar-refractivity contribution in [2.75, 3.05) is 6.61 Å². The topological polar surface area (TPSA) is 26.3 Å². The monoisotopic (exact) mass is 238 g/mol. The van der Waals surface area contributed by atoms with Gasteiger partial charge < -0.3 is 4.74 Å². The minimum Gasteiger partial charge on any atom is -0.461 e. The van der Waals surface area contributed by atoms with E-state index in [0.29, 0.717) is 13.0 Å². The second-order valence-corrected chi connectivity index (χ2v) is 4.15. The highest BCUT2D eigenvalue weighted by atomic mass is 16.5. The quantitative estimate of drug-likeness (QED) is 0.320. The molecule has 0 aliphatic carbocycles. The SMILES string of the molecule is C/C=C/C=C\COC(=O)CCCCCCCC. The molecule has 2 heteroatoms. The molecule has 0 radical (unpaired) electrons. The number of hydrogen-bond acceptors (Lipinski definition) is 2. The van der Waals surface area contributed by atoms with Gasteiger partial charge in [-0.3, -0.25) is 4.79 Å². The van der Waals surface area contributed by atoms with Crippen LogP contribution in [0.25, 0.3) is 0 Å². The van der Waals surface area contributed by atoms with Crippen molar-refractivity contribution in [3.63, 3.8) is 0 Å². The Morgan fingerprint density at radius 1 is 1.06 bits per heavy atom. The zero-order valence-corrected chi connectivity index (χ0v) is 11.3. The Labute approximate surface area is 106 Å². The fraction of sp³-hybridized carbons (Fsp3) is 0.667. The van der Waals surface area contributed by atoms with E-state index in [9.17, 15) is 4.79 Å². The number of rotatable bonds is 10. The number of carbonyl (C=O) groups excluding carboxylic acids is 1. The lowest BCUT2D eigenvalue weighted by atomic mass is 10.1. The lowest BCUT2D eigenvalue weighted by molar-refractivity contribution is -0.142. The smallest absolute Gasteiger partial charge is 0.306 e. The van der Waals surface area contributed by atoms with E-state index in [1.54, 1.807) is 0 Å². The maximum atomic E-state index is 11.3. The van der Waals surface area contributed by atoms with Crippen molar-refractivity contribution in [1.29, 1.82) is 0 Å². The average Bonchev–Trinajstić information content (AvgIpc) is 2.33. The molecule has 0 N–H and O–H groups in total. The molecular weight excluding hydrogens is 212 g/mol. The van der Waals surface area contributed by atoms with Gasteiger partial charge in [0, 0.05) is 6.42 Å². The van der Waals surface area contributed by atoms with E-state index in [-0.39, 0.29) is 5.97 Å². The molecule has 0 aliphatic heterocycles. The van der Waals surface area contributed by atoms with E-state index in [0.717, 1.165) is 12.8 Å². The summed E-state index contributed by atoms with van der Waals surface area (Å²) in [6.07, 6.45) is 15.3. The molecular formula is C15H26O2. The van der Waals surface area contributed by atoms with Gasteiger partial charge in [-0.05, 0) is 19.4 Å². The molecule has 2 nitrogen and oxygen atoms in total. The van der Waals surface area contributed by atoms with E-state index in [1.165, 1.54) is 25.7 Å². The number of allylic oxidation sites excluding steroid dienone is 3. The zero-order valence-electron chi connectivity index (χ0n) is 11.3. The summed E-state index contributed by atoms with van der Waals surface area (Å²) in [6, 6.07) is 0. The van der Waals surface area contributed by atoms with Crippen molar-refractivity contribution in [1.82, 2.24) is 0 Å². The molecule has 17 heavy (non-hydrogen) atoms. The third-order valence-electron chi connectivity index (χ3n) is 2.51. The van der Waals surface area contributed by atoms with Crippen molar-refractivity contribution >= 4 is 5.97 Å². The van der Waals surface area contributed by atoms with Crippen molar-refractivity contribution in [2.45, 2.75) is 58.8 Å². The molecule has 0 rings (SSSR count). The van der Waals surface area contributed by atoms with Gasteiger partial charge in [-0.1, -0.05) is 57.3 Å². The summed E-state index contributed by atoms with van der Waals surface area (Å²) in [5.74, 6) is -0.0781. The van der Waals surface area contributed by atoms with Gasteiger partial charge >= 0.3 is 5.97 Å². The molecule has 0 fully saturated rings. The van der Waals surface area contributed by atoms with Gasteiger partial charge in [0.1, 0.15) is 6.61 Å². The van der Waals surface area contributed by atoms with E-state index < -0.39 is 0 Å². The Kier molecular flexibility index (Phi) is 12.2. The van der Waals surface area contributed by atoms with Crippen LogP contribution in [0.5, 0.6) is 0 Å². The molecule has 0 aromatic heterocycles. The van der Waals surface area contributed by atoms with Crippen LogP contribution < -0.4 is 0 Å². The summed E-state index contributed by atoms with van der Waals surface area (Å²) in [4.78, 5) is 11.3. The van der Waals surface area contributed by atoms with Gasteiger partial charge in [0.2, 0.25) is 0 Å².